The Morgan fingerprint density at radius 2 is 1.89 bits per heavy atom. The highest BCUT2D eigenvalue weighted by Crippen LogP contribution is 2.23. The molecule has 9 nitrogen and oxygen atoms in total. The first-order chi connectivity index (χ1) is 17.1. The molecule has 1 aliphatic rings. The highest BCUT2D eigenvalue weighted by atomic mass is 16.8. The predicted molar refractivity (Wildman–Crippen MR) is 128 cm³/mol. The Bertz CT molecular complexity index is 1150. The molecule has 1 aliphatic heterocycles. The average Bonchev–Trinajstić information content (AvgIpc) is 2.92. The van der Waals surface area contributed by atoms with Crippen molar-refractivity contribution in [1.29, 1.82) is 0 Å². The van der Waals surface area contributed by atoms with Crippen molar-refractivity contribution in [3.8, 4) is 11.5 Å². The number of aromatic nitrogens is 1. The molecule has 1 fully saturated rings. The number of benzene rings is 2. The molecule has 9 heteroatoms. The molecule has 1 saturated heterocycles. The van der Waals surface area contributed by atoms with Crippen molar-refractivity contribution in [1.82, 2.24) is 10.5 Å². The van der Waals surface area contributed by atoms with Gasteiger partial charge in [-0.05, 0) is 55.3 Å². The fourth-order valence-corrected chi connectivity index (χ4v) is 3.50. The number of carbonyl (C=O) groups is 2. The number of ether oxygens (including phenoxy) is 3. The number of para-hydroxylation sites is 1. The first-order valence-electron chi connectivity index (χ1n) is 11.3. The Balaban J connectivity index is 1.40. The summed E-state index contributed by atoms with van der Waals surface area (Å²) < 4.78 is 16.5. The molecule has 2 N–H and O–H groups in total. The third-order valence-corrected chi connectivity index (χ3v) is 5.29. The lowest BCUT2D eigenvalue weighted by Gasteiger charge is -2.22. The van der Waals surface area contributed by atoms with Crippen molar-refractivity contribution in [3.05, 3.63) is 83.7 Å². The van der Waals surface area contributed by atoms with Gasteiger partial charge in [-0.15, -0.1) is 0 Å². The van der Waals surface area contributed by atoms with E-state index in [9.17, 15) is 9.59 Å². The van der Waals surface area contributed by atoms with Crippen LogP contribution in [0, 0.1) is 0 Å². The third-order valence-electron chi connectivity index (χ3n) is 5.29. The number of amides is 2. The molecule has 4 rings (SSSR count). The second kappa shape index (κ2) is 12.0. The normalized spacial score (nSPS) is 15.2. The lowest BCUT2D eigenvalue weighted by atomic mass is 10.1. The van der Waals surface area contributed by atoms with Gasteiger partial charge < -0.3 is 19.5 Å². The van der Waals surface area contributed by atoms with Crippen LogP contribution < -0.4 is 20.3 Å². The molecule has 2 aromatic carbocycles. The van der Waals surface area contributed by atoms with Crippen molar-refractivity contribution in [2.45, 2.75) is 32.2 Å². The van der Waals surface area contributed by atoms with Gasteiger partial charge in [-0.3, -0.25) is 9.59 Å². The van der Waals surface area contributed by atoms with Gasteiger partial charge in [0.25, 0.3) is 11.8 Å². The number of anilines is 1. The monoisotopic (exact) mass is 477 g/mol. The summed E-state index contributed by atoms with van der Waals surface area (Å²) in [6.07, 6.45) is 2.17. The van der Waals surface area contributed by atoms with Crippen LogP contribution in [0.1, 0.15) is 45.8 Å². The predicted octanol–water partition coefficient (Wildman–Crippen LogP) is 4.11. The number of methoxy groups -OCH3 is 1. The van der Waals surface area contributed by atoms with Crippen LogP contribution in [0.25, 0.3) is 0 Å². The lowest BCUT2D eigenvalue weighted by molar-refractivity contribution is -0.186. The number of rotatable bonds is 9. The number of carbonyl (C=O) groups excluding carboxylic acids is 2. The van der Waals surface area contributed by atoms with Gasteiger partial charge >= 0.3 is 0 Å². The Labute approximate surface area is 203 Å². The molecule has 1 atom stereocenters. The molecule has 0 saturated carbocycles. The molecule has 0 bridgehead atoms. The minimum atomic E-state index is -0.509. The molecule has 2 amide bonds. The molecule has 1 unspecified atom stereocenters. The molecule has 0 aliphatic carbocycles. The Kier molecular flexibility index (Phi) is 8.26. The average molecular weight is 478 g/mol. The van der Waals surface area contributed by atoms with Gasteiger partial charge in [-0.1, -0.05) is 24.3 Å². The molecule has 0 radical (unpaired) electrons. The molecular formula is C26H27N3O6. The van der Waals surface area contributed by atoms with E-state index in [2.05, 4.69) is 15.8 Å². The van der Waals surface area contributed by atoms with E-state index in [4.69, 9.17) is 19.0 Å². The van der Waals surface area contributed by atoms with Gasteiger partial charge in [0, 0.05) is 18.7 Å². The molecule has 0 spiro atoms. The van der Waals surface area contributed by atoms with E-state index in [1.807, 2.05) is 30.3 Å². The van der Waals surface area contributed by atoms with Gasteiger partial charge in [0.15, 0.2) is 6.29 Å². The van der Waals surface area contributed by atoms with Crippen LogP contribution in [-0.4, -0.2) is 36.8 Å². The van der Waals surface area contributed by atoms with Crippen LogP contribution in [0.3, 0.4) is 0 Å². The summed E-state index contributed by atoms with van der Waals surface area (Å²) in [7, 11) is 1.46. The number of pyridine rings is 1. The SMILES string of the molecule is COc1ccc(NC(=O)c2cccc(COc3ccccc3)n2)cc1C(=O)NOC1CCCCO1. The Morgan fingerprint density at radius 1 is 1.03 bits per heavy atom. The topological polar surface area (TPSA) is 108 Å². The van der Waals surface area contributed by atoms with Gasteiger partial charge in [-0.2, -0.15) is 0 Å². The Hall–Kier alpha value is -3.95. The smallest absolute Gasteiger partial charge is 0.278 e. The molecule has 2 heterocycles. The zero-order valence-corrected chi connectivity index (χ0v) is 19.4. The highest BCUT2D eigenvalue weighted by molar-refractivity contribution is 6.04. The van der Waals surface area contributed by atoms with Crippen LogP contribution in [0.15, 0.2) is 66.7 Å². The maximum atomic E-state index is 12.8. The fourth-order valence-electron chi connectivity index (χ4n) is 3.50. The van der Waals surface area contributed by atoms with Crippen LogP contribution >= 0.6 is 0 Å². The quantitative estimate of drug-likeness (QED) is 0.447. The first kappa shape index (κ1) is 24.2. The van der Waals surface area contributed by atoms with Crippen LogP contribution in [-0.2, 0) is 16.2 Å². The van der Waals surface area contributed by atoms with E-state index in [1.165, 1.54) is 13.2 Å². The first-order valence-corrected chi connectivity index (χ1v) is 11.3. The van der Waals surface area contributed by atoms with Crippen LogP contribution in [0.5, 0.6) is 11.5 Å². The summed E-state index contributed by atoms with van der Waals surface area (Å²) in [6.45, 7) is 0.821. The maximum Gasteiger partial charge on any atom is 0.278 e. The Morgan fingerprint density at radius 3 is 2.66 bits per heavy atom. The number of nitrogens with one attached hydrogen (secondary N) is 2. The van der Waals surface area contributed by atoms with Crippen molar-refractivity contribution >= 4 is 17.5 Å². The van der Waals surface area contributed by atoms with Crippen molar-refractivity contribution < 1.29 is 28.6 Å². The maximum absolute atomic E-state index is 12.8. The van der Waals surface area contributed by atoms with Gasteiger partial charge in [0.2, 0.25) is 0 Å². The van der Waals surface area contributed by atoms with Gasteiger partial charge in [0.1, 0.15) is 23.8 Å². The molecule has 1 aromatic heterocycles. The zero-order chi connectivity index (χ0) is 24.5. The molecule has 35 heavy (non-hydrogen) atoms. The van der Waals surface area contributed by atoms with Gasteiger partial charge in [0.05, 0.1) is 18.4 Å². The van der Waals surface area contributed by atoms with E-state index in [1.54, 1.807) is 30.3 Å². The van der Waals surface area contributed by atoms with E-state index >= 15 is 0 Å². The molecule has 182 valence electrons. The summed E-state index contributed by atoms with van der Waals surface area (Å²) in [6, 6.07) is 19.2. The van der Waals surface area contributed by atoms with Crippen molar-refractivity contribution in [3.63, 3.8) is 0 Å². The molecule has 3 aromatic rings. The minimum Gasteiger partial charge on any atom is -0.496 e. The second-order valence-corrected chi connectivity index (χ2v) is 7.83. The summed E-state index contributed by atoms with van der Waals surface area (Å²) >= 11 is 0. The summed E-state index contributed by atoms with van der Waals surface area (Å²) in [5, 5.41) is 2.77. The zero-order valence-electron chi connectivity index (χ0n) is 19.4. The van der Waals surface area contributed by atoms with E-state index in [-0.39, 0.29) is 17.9 Å². The van der Waals surface area contributed by atoms with Crippen LogP contribution in [0.4, 0.5) is 5.69 Å². The number of hydrogen-bond donors (Lipinski definition) is 2. The summed E-state index contributed by atoms with van der Waals surface area (Å²) in [5.41, 5.74) is 3.85. The van der Waals surface area contributed by atoms with Gasteiger partial charge in [-0.25, -0.2) is 15.3 Å². The van der Waals surface area contributed by atoms with Crippen LogP contribution in [0.2, 0.25) is 0 Å². The summed E-state index contributed by atoms with van der Waals surface area (Å²) in [5.74, 6) is 0.124. The standard InChI is InChI=1S/C26H27N3O6/c1-32-23-14-13-18(16-21(23)25(30)29-35-24-12-5-6-15-33-24)28-26(31)22-11-7-8-19(27-22)17-34-20-9-3-2-4-10-20/h2-4,7-11,13-14,16,24H,5-6,12,15,17H2,1H3,(H,28,31)(H,29,30). The fraction of sp³-hybridized carbons (Fsp3) is 0.269. The lowest BCUT2D eigenvalue weighted by Crippen LogP contribution is -2.33. The third kappa shape index (κ3) is 6.78. The van der Waals surface area contributed by atoms with E-state index in [0.29, 0.717) is 35.9 Å². The minimum absolute atomic E-state index is 0.207. The summed E-state index contributed by atoms with van der Waals surface area (Å²) in [4.78, 5) is 35.3. The van der Waals surface area contributed by atoms with Crippen molar-refractivity contribution in [2.24, 2.45) is 0 Å². The number of hydroxylamine groups is 1. The largest absolute Gasteiger partial charge is 0.496 e. The second-order valence-electron chi connectivity index (χ2n) is 7.83. The number of hydrogen-bond acceptors (Lipinski definition) is 7. The number of nitrogens with zero attached hydrogens (tertiary/aromatic N) is 1. The molecular weight excluding hydrogens is 450 g/mol. The van der Waals surface area contributed by atoms with E-state index in [0.717, 1.165) is 12.8 Å². The van der Waals surface area contributed by atoms with Crippen molar-refractivity contribution in [2.75, 3.05) is 19.0 Å². The van der Waals surface area contributed by atoms with E-state index < -0.39 is 18.1 Å². The highest BCUT2D eigenvalue weighted by Gasteiger charge is 2.19.